The monoisotopic (exact) mass is 513 g/mol. The van der Waals surface area contributed by atoms with Crippen LogP contribution < -0.4 is 9.62 Å². The van der Waals surface area contributed by atoms with E-state index in [0.717, 1.165) is 50.9 Å². The molecule has 2 aliphatic rings. The SMILES string of the molecule is [B]1N(CCN2[B]N(c3ccccn3)CC2)CCN1c1ccccn1.[Pt]. The van der Waals surface area contributed by atoms with Crippen LogP contribution in [-0.2, 0) is 21.1 Å². The Hall–Kier alpha value is -1.36. The third-order valence-corrected chi connectivity index (χ3v) is 4.42. The van der Waals surface area contributed by atoms with Crippen LogP contribution in [0.5, 0.6) is 0 Å². The zero-order valence-corrected chi connectivity index (χ0v) is 16.3. The van der Waals surface area contributed by atoms with Gasteiger partial charge in [-0.2, -0.15) is 0 Å². The summed E-state index contributed by atoms with van der Waals surface area (Å²) in [5, 5.41) is 0. The van der Waals surface area contributed by atoms with Gasteiger partial charge in [0, 0.05) is 72.7 Å². The Morgan fingerprint density at radius 2 is 1.20 bits per heavy atom. The minimum absolute atomic E-state index is 0. The van der Waals surface area contributed by atoms with E-state index in [1.54, 1.807) is 0 Å². The average molecular weight is 513 g/mol. The van der Waals surface area contributed by atoms with Crippen molar-refractivity contribution in [2.24, 2.45) is 0 Å². The third-order valence-electron chi connectivity index (χ3n) is 4.42. The largest absolute Gasteiger partial charge is 0.388 e. The van der Waals surface area contributed by atoms with Crippen molar-refractivity contribution in [2.75, 3.05) is 48.9 Å². The van der Waals surface area contributed by atoms with E-state index < -0.39 is 0 Å². The number of nitrogens with zero attached hydrogens (tertiary/aromatic N) is 6. The molecule has 2 saturated heterocycles. The van der Waals surface area contributed by atoms with Gasteiger partial charge in [0.1, 0.15) is 11.6 Å². The second kappa shape index (κ2) is 8.83. The summed E-state index contributed by atoms with van der Waals surface area (Å²) in [4.78, 5) is 18.0. The van der Waals surface area contributed by atoms with Crippen LogP contribution in [-0.4, -0.2) is 74.0 Å². The summed E-state index contributed by atoms with van der Waals surface area (Å²) in [7, 11) is 4.38. The van der Waals surface area contributed by atoms with Crippen LogP contribution in [0, 0.1) is 0 Å². The van der Waals surface area contributed by atoms with E-state index in [9.17, 15) is 0 Å². The molecule has 25 heavy (non-hydrogen) atoms. The van der Waals surface area contributed by atoms with Gasteiger partial charge in [0.15, 0.2) is 0 Å². The van der Waals surface area contributed by atoms with Gasteiger partial charge in [0.2, 0.25) is 0 Å². The van der Waals surface area contributed by atoms with Gasteiger partial charge in [-0.3, -0.25) is 0 Å². The molecule has 2 aliphatic heterocycles. The van der Waals surface area contributed by atoms with E-state index in [0.29, 0.717) is 0 Å². The molecule has 0 amide bonds. The Morgan fingerprint density at radius 3 is 1.60 bits per heavy atom. The van der Waals surface area contributed by atoms with Crippen molar-refractivity contribution >= 4 is 26.7 Å². The van der Waals surface area contributed by atoms with Crippen LogP contribution in [0.15, 0.2) is 48.8 Å². The van der Waals surface area contributed by atoms with Gasteiger partial charge in [-0.1, -0.05) is 12.1 Å². The second-order valence-corrected chi connectivity index (χ2v) is 6.07. The van der Waals surface area contributed by atoms with Crippen LogP contribution in [0.1, 0.15) is 0 Å². The van der Waals surface area contributed by atoms with Crippen LogP contribution in [0.3, 0.4) is 0 Å². The maximum Gasteiger partial charge on any atom is 0.353 e. The Morgan fingerprint density at radius 1 is 0.720 bits per heavy atom. The maximum atomic E-state index is 4.41. The molecular weight excluding hydrogens is 493 g/mol. The summed E-state index contributed by atoms with van der Waals surface area (Å²) >= 11 is 0. The Balaban J connectivity index is 0.00000182. The normalized spacial score (nSPS) is 17.9. The molecule has 0 N–H and O–H groups in total. The predicted octanol–water partition coefficient (Wildman–Crippen LogP) is 0.487. The van der Waals surface area contributed by atoms with E-state index >= 15 is 0 Å². The number of hydrogen-bond acceptors (Lipinski definition) is 6. The summed E-state index contributed by atoms with van der Waals surface area (Å²) in [5.41, 5.74) is 0. The molecule has 0 unspecified atom stereocenters. The van der Waals surface area contributed by atoms with Crippen molar-refractivity contribution in [1.82, 2.24) is 19.6 Å². The molecule has 130 valence electrons. The number of anilines is 2. The minimum Gasteiger partial charge on any atom is -0.388 e. The standard InChI is InChI=1S/C16H20B2N6.Pt/c1-3-7-19-15(5-1)23-13-11-21(17-23)9-10-22-12-14-24(18-22)16-6-2-4-8-20-16;/h1-8H,9-14H2;. The molecule has 4 rings (SSSR count). The summed E-state index contributed by atoms with van der Waals surface area (Å²) in [6.45, 7) is 6.15. The molecule has 9 heteroatoms. The summed E-state index contributed by atoms with van der Waals surface area (Å²) in [6, 6.07) is 12.1. The predicted molar refractivity (Wildman–Crippen MR) is 97.8 cm³/mol. The van der Waals surface area contributed by atoms with Crippen molar-refractivity contribution in [3.8, 4) is 0 Å². The van der Waals surface area contributed by atoms with Crippen LogP contribution in [0.25, 0.3) is 0 Å². The molecule has 0 aromatic carbocycles. The molecule has 2 radical (unpaired) electrons. The summed E-state index contributed by atoms with van der Waals surface area (Å²) in [6.07, 6.45) is 3.69. The van der Waals surface area contributed by atoms with Crippen molar-refractivity contribution in [1.29, 1.82) is 0 Å². The van der Waals surface area contributed by atoms with Crippen LogP contribution in [0.2, 0.25) is 0 Å². The van der Waals surface area contributed by atoms with Gasteiger partial charge in [-0.25, -0.2) is 9.97 Å². The van der Waals surface area contributed by atoms with Crippen molar-refractivity contribution < 1.29 is 21.1 Å². The fourth-order valence-electron chi connectivity index (χ4n) is 3.09. The first-order chi connectivity index (χ1) is 11.9. The molecule has 0 bridgehead atoms. The van der Waals surface area contributed by atoms with Gasteiger partial charge in [-0.15, -0.1) is 0 Å². The molecule has 2 fully saturated rings. The van der Waals surface area contributed by atoms with Gasteiger partial charge >= 0.3 is 15.1 Å². The van der Waals surface area contributed by atoms with Crippen LogP contribution in [0.4, 0.5) is 11.6 Å². The smallest absolute Gasteiger partial charge is 0.353 e. The van der Waals surface area contributed by atoms with Gasteiger partial charge < -0.3 is 19.2 Å². The molecule has 4 heterocycles. The first kappa shape index (κ1) is 18.4. The van der Waals surface area contributed by atoms with E-state index in [1.807, 2.05) is 36.7 Å². The van der Waals surface area contributed by atoms with Gasteiger partial charge in [0.05, 0.1) is 0 Å². The van der Waals surface area contributed by atoms with Gasteiger partial charge in [0.25, 0.3) is 0 Å². The van der Waals surface area contributed by atoms with E-state index in [-0.39, 0.29) is 21.1 Å². The first-order valence-corrected chi connectivity index (χ1v) is 8.42. The van der Waals surface area contributed by atoms with Crippen molar-refractivity contribution in [3.05, 3.63) is 48.8 Å². The third kappa shape index (κ3) is 4.63. The summed E-state index contributed by atoms with van der Waals surface area (Å²) < 4.78 is 0. The number of aromatic nitrogens is 2. The molecular formula is C16H20B2N6Pt. The first-order valence-electron chi connectivity index (χ1n) is 8.42. The van der Waals surface area contributed by atoms with Gasteiger partial charge in [-0.05, 0) is 24.3 Å². The Bertz CT molecular complexity index is 592. The fourth-order valence-corrected chi connectivity index (χ4v) is 3.09. The van der Waals surface area contributed by atoms with E-state index in [4.69, 9.17) is 0 Å². The Kier molecular flexibility index (Phi) is 6.51. The van der Waals surface area contributed by atoms with E-state index in [1.165, 1.54) is 0 Å². The number of hydrogen-bond donors (Lipinski definition) is 0. The molecule has 2 aromatic heterocycles. The Labute approximate surface area is 165 Å². The quantitative estimate of drug-likeness (QED) is 0.543. The summed E-state index contributed by atoms with van der Waals surface area (Å²) in [5.74, 6) is 2.04. The average Bonchev–Trinajstić information content (AvgIpc) is 3.31. The van der Waals surface area contributed by atoms with E-state index in [2.05, 4.69) is 56.4 Å². The molecule has 2 aromatic rings. The molecule has 0 saturated carbocycles. The number of pyridine rings is 2. The topological polar surface area (TPSA) is 38.7 Å². The molecule has 0 aliphatic carbocycles. The minimum atomic E-state index is 0. The molecule has 0 spiro atoms. The zero-order valence-electron chi connectivity index (χ0n) is 14.0. The second-order valence-electron chi connectivity index (χ2n) is 6.07. The molecule has 0 atom stereocenters. The maximum absolute atomic E-state index is 4.41. The van der Waals surface area contributed by atoms with Crippen molar-refractivity contribution in [2.45, 2.75) is 0 Å². The molecule has 6 nitrogen and oxygen atoms in total. The zero-order chi connectivity index (χ0) is 16.2. The van der Waals surface area contributed by atoms with Crippen molar-refractivity contribution in [3.63, 3.8) is 0 Å². The number of rotatable bonds is 5. The van der Waals surface area contributed by atoms with Crippen LogP contribution >= 0.6 is 0 Å². The fraction of sp³-hybridized carbons (Fsp3) is 0.375.